The summed E-state index contributed by atoms with van der Waals surface area (Å²) in [6, 6.07) is 15.1. The Morgan fingerprint density at radius 3 is 2.26 bits per heavy atom. The van der Waals surface area contributed by atoms with E-state index >= 15 is 0 Å². The van der Waals surface area contributed by atoms with E-state index in [2.05, 4.69) is 34.2 Å². The summed E-state index contributed by atoms with van der Waals surface area (Å²) >= 11 is 0. The van der Waals surface area contributed by atoms with Crippen LogP contribution in [-0.2, 0) is 4.74 Å². The monoisotopic (exact) mass is 310 g/mol. The van der Waals surface area contributed by atoms with Crippen molar-refractivity contribution < 1.29 is 14.8 Å². The number of benzene rings is 2. The summed E-state index contributed by atoms with van der Waals surface area (Å²) < 4.78 is 5.95. The van der Waals surface area contributed by atoms with E-state index < -0.39 is 7.12 Å². The van der Waals surface area contributed by atoms with Gasteiger partial charge in [-0.25, -0.2) is 4.99 Å². The molecule has 118 valence electrons. The van der Waals surface area contributed by atoms with Crippen LogP contribution in [0.2, 0.25) is 0 Å². The fourth-order valence-electron chi connectivity index (χ4n) is 2.49. The molecule has 2 aromatic rings. The van der Waals surface area contributed by atoms with Gasteiger partial charge in [0.05, 0.1) is 6.54 Å². The fraction of sp³-hybridized carbons (Fsp3) is 0.235. The van der Waals surface area contributed by atoms with Crippen molar-refractivity contribution in [3.8, 4) is 0 Å². The van der Waals surface area contributed by atoms with Crippen molar-refractivity contribution in [2.75, 3.05) is 25.5 Å². The predicted molar refractivity (Wildman–Crippen MR) is 92.3 cm³/mol. The first-order valence-electron chi connectivity index (χ1n) is 7.49. The van der Waals surface area contributed by atoms with Crippen molar-refractivity contribution in [3.63, 3.8) is 0 Å². The van der Waals surface area contributed by atoms with Gasteiger partial charge in [0.2, 0.25) is 5.90 Å². The molecule has 1 aliphatic heterocycles. The third-order valence-electron chi connectivity index (χ3n) is 3.89. The molecular weight excluding hydrogens is 291 g/mol. The molecule has 0 radical (unpaired) electrons. The van der Waals surface area contributed by atoms with E-state index in [1.165, 1.54) is 0 Å². The molecule has 3 rings (SSSR count). The molecule has 1 atom stereocenters. The van der Waals surface area contributed by atoms with Crippen LogP contribution in [0.25, 0.3) is 0 Å². The topological polar surface area (TPSA) is 65.3 Å². The third-order valence-corrected chi connectivity index (χ3v) is 3.89. The molecule has 1 aliphatic rings. The van der Waals surface area contributed by atoms with Crippen molar-refractivity contribution >= 4 is 24.2 Å². The molecule has 23 heavy (non-hydrogen) atoms. The van der Waals surface area contributed by atoms with Crippen LogP contribution in [0.1, 0.15) is 17.2 Å². The van der Waals surface area contributed by atoms with E-state index in [1.54, 1.807) is 24.3 Å². The minimum atomic E-state index is -1.46. The minimum Gasteiger partial charge on any atom is -0.467 e. The fourth-order valence-corrected chi connectivity index (χ4v) is 2.49. The molecule has 1 heterocycles. The number of nitrogens with zero attached hydrogens (tertiary/aromatic N) is 2. The number of hydrogen-bond donors (Lipinski definition) is 2. The molecule has 0 amide bonds. The minimum absolute atomic E-state index is 0.0793. The van der Waals surface area contributed by atoms with Gasteiger partial charge in [0.1, 0.15) is 6.10 Å². The number of ether oxygens (including phenoxy) is 1. The molecule has 2 aromatic carbocycles. The Bertz CT molecular complexity index is 697. The van der Waals surface area contributed by atoms with Crippen LogP contribution in [0.15, 0.2) is 53.5 Å². The molecule has 0 aliphatic carbocycles. The Balaban J connectivity index is 1.70. The Morgan fingerprint density at radius 2 is 1.70 bits per heavy atom. The van der Waals surface area contributed by atoms with Crippen molar-refractivity contribution in [3.05, 3.63) is 59.7 Å². The van der Waals surface area contributed by atoms with Crippen molar-refractivity contribution in [2.24, 2.45) is 4.99 Å². The second kappa shape index (κ2) is 6.44. The summed E-state index contributed by atoms with van der Waals surface area (Å²) in [5.41, 5.74) is 3.52. The Kier molecular flexibility index (Phi) is 4.36. The largest absolute Gasteiger partial charge is 0.488 e. The van der Waals surface area contributed by atoms with Crippen LogP contribution < -0.4 is 10.4 Å². The molecule has 0 saturated carbocycles. The summed E-state index contributed by atoms with van der Waals surface area (Å²) in [5, 5.41) is 18.2. The maximum atomic E-state index is 9.12. The molecule has 6 heteroatoms. The van der Waals surface area contributed by atoms with E-state index in [0.29, 0.717) is 17.9 Å². The van der Waals surface area contributed by atoms with E-state index in [1.807, 2.05) is 14.1 Å². The van der Waals surface area contributed by atoms with Gasteiger partial charge < -0.3 is 19.7 Å². The van der Waals surface area contributed by atoms with E-state index in [-0.39, 0.29) is 6.10 Å². The molecule has 2 N–H and O–H groups in total. The second-order valence-electron chi connectivity index (χ2n) is 5.73. The van der Waals surface area contributed by atoms with Crippen LogP contribution in [0.5, 0.6) is 0 Å². The van der Waals surface area contributed by atoms with Gasteiger partial charge in [-0.3, -0.25) is 0 Å². The SMILES string of the molecule is CN(C)c1ccc(C2CN=C(c3ccc(B(O)O)cc3)O2)cc1. The average Bonchev–Trinajstić information content (AvgIpc) is 3.05. The van der Waals surface area contributed by atoms with Gasteiger partial charge in [0, 0.05) is 25.3 Å². The average molecular weight is 310 g/mol. The molecule has 0 saturated heterocycles. The number of aliphatic imine (C=N–C) groups is 1. The van der Waals surface area contributed by atoms with E-state index in [9.17, 15) is 0 Å². The molecular formula is C17H19BN2O3. The van der Waals surface area contributed by atoms with Crippen LogP contribution in [0.3, 0.4) is 0 Å². The Hall–Kier alpha value is -2.31. The highest BCUT2D eigenvalue weighted by Gasteiger charge is 2.23. The molecule has 5 nitrogen and oxygen atoms in total. The highest BCUT2D eigenvalue weighted by molar-refractivity contribution is 6.58. The molecule has 1 unspecified atom stereocenters. The first-order valence-corrected chi connectivity index (χ1v) is 7.49. The van der Waals surface area contributed by atoms with Crippen LogP contribution >= 0.6 is 0 Å². The van der Waals surface area contributed by atoms with Gasteiger partial charge in [0.15, 0.2) is 0 Å². The van der Waals surface area contributed by atoms with Crippen LogP contribution in [-0.4, -0.2) is 43.7 Å². The second-order valence-corrected chi connectivity index (χ2v) is 5.73. The predicted octanol–water partition coefficient (Wildman–Crippen LogP) is 0.950. The van der Waals surface area contributed by atoms with Gasteiger partial charge in [-0.05, 0) is 35.3 Å². The molecule has 0 bridgehead atoms. The zero-order valence-electron chi connectivity index (χ0n) is 13.2. The van der Waals surface area contributed by atoms with Crippen molar-refractivity contribution in [1.82, 2.24) is 0 Å². The maximum Gasteiger partial charge on any atom is 0.488 e. The normalized spacial score (nSPS) is 16.7. The summed E-state index contributed by atoms with van der Waals surface area (Å²) in [6.07, 6.45) is -0.0793. The lowest BCUT2D eigenvalue weighted by Crippen LogP contribution is -2.29. The molecule has 0 spiro atoms. The van der Waals surface area contributed by atoms with Gasteiger partial charge in [-0.15, -0.1) is 0 Å². The zero-order valence-corrected chi connectivity index (χ0v) is 13.2. The Morgan fingerprint density at radius 1 is 1.04 bits per heavy atom. The first-order chi connectivity index (χ1) is 11.0. The molecule has 0 fully saturated rings. The smallest absolute Gasteiger partial charge is 0.467 e. The van der Waals surface area contributed by atoms with Gasteiger partial charge in [-0.2, -0.15) is 0 Å². The van der Waals surface area contributed by atoms with Crippen molar-refractivity contribution in [2.45, 2.75) is 6.10 Å². The van der Waals surface area contributed by atoms with Gasteiger partial charge in [0.25, 0.3) is 0 Å². The van der Waals surface area contributed by atoms with Crippen LogP contribution in [0.4, 0.5) is 5.69 Å². The quantitative estimate of drug-likeness (QED) is 0.825. The molecule has 0 aromatic heterocycles. The zero-order chi connectivity index (χ0) is 16.4. The standard InChI is InChI=1S/C17H19BN2O3/c1-20(2)15-9-5-12(6-10-15)16-11-19-17(23-16)13-3-7-14(8-4-13)18(21)22/h3-10,16,21-22H,11H2,1-2H3. The number of anilines is 1. The van der Waals surface area contributed by atoms with E-state index in [4.69, 9.17) is 14.8 Å². The number of hydrogen-bond acceptors (Lipinski definition) is 5. The highest BCUT2D eigenvalue weighted by atomic mass is 16.5. The van der Waals surface area contributed by atoms with Crippen LogP contribution in [0, 0.1) is 0 Å². The first kappa shape index (κ1) is 15.6. The number of rotatable bonds is 4. The summed E-state index contributed by atoms with van der Waals surface area (Å²) in [5.74, 6) is 0.589. The van der Waals surface area contributed by atoms with E-state index in [0.717, 1.165) is 16.8 Å². The van der Waals surface area contributed by atoms with Gasteiger partial charge in [-0.1, -0.05) is 24.3 Å². The summed E-state index contributed by atoms with van der Waals surface area (Å²) in [6.45, 7) is 0.584. The maximum absolute atomic E-state index is 9.12. The lowest BCUT2D eigenvalue weighted by Gasteiger charge is -2.15. The summed E-state index contributed by atoms with van der Waals surface area (Å²) in [4.78, 5) is 6.51. The summed E-state index contributed by atoms with van der Waals surface area (Å²) in [7, 11) is 2.56. The van der Waals surface area contributed by atoms with Gasteiger partial charge >= 0.3 is 7.12 Å². The lowest BCUT2D eigenvalue weighted by molar-refractivity contribution is 0.230. The highest BCUT2D eigenvalue weighted by Crippen LogP contribution is 2.26. The lowest BCUT2D eigenvalue weighted by atomic mass is 9.80. The Labute approximate surface area is 136 Å². The van der Waals surface area contributed by atoms with Crippen molar-refractivity contribution in [1.29, 1.82) is 0 Å². The third kappa shape index (κ3) is 3.38.